The molecule has 1 fully saturated rings. The molecule has 0 spiro atoms. The zero-order valence-electron chi connectivity index (χ0n) is 14.8. The zero-order valence-corrected chi connectivity index (χ0v) is 14.8. The third-order valence-electron chi connectivity index (χ3n) is 4.65. The summed E-state index contributed by atoms with van der Waals surface area (Å²) in [5, 5.41) is 9.24. The van der Waals surface area contributed by atoms with Gasteiger partial charge in [-0.3, -0.25) is 4.79 Å². The largest absolute Gasteiger partial charge is 0.416 e. The molecular weight excluding hydrogens is 355 g/mol. The van der Waals surface area contributed by atoms with Crippen LogP contribution in [0.5, 0.6) is 0 Å². The van der Waals surface area contributed by atoms with E-state index in [0.717, 1.165) is 17.7 Å². The Labute approximate surface area is 155 Å². The van der Waals surface area contributed by atoms with E-state index in [4.69, 9.17) is 0 Å². The molecule has 0 atom stereocenters. The summed E-state index contributed by atoms with van der Waals surface area (Å²) in [5.41, 5.74) is 1.30. The molecule has 4 nitrogen and oxygen atoms in total. The highest BCUT2D eigenvalue weighted by Gasteiger charge is 2.32. The Morgan fingerprint density at radius 2 is 1.67 bits per heavy atom. The van der Waals surface area contributed by atoms with Crippen LogP contribution in [0.1, 0.15) is 27.0 Å². The molecule has 1 saturated heterocycles. The summed E-state index contributed by atoms with van der Waals surface area (Å²) < 4.78 is 38.5. The maximum absolute atomic E-state index is 12.8. The molecule has 1 amide bonds. The minimum atomic E-state index is -4.48. The van der Waals surface area contributed by atoms with Crippen LogP contribution >= 0.6 is 0 Å². The molecule has 0 radical (unpaired) electrons. The molecule has 7 heteroatoms. The van der Waals surface area contributed by atoms with Gasteiger partial charge in [-0.2, -0.15) is 18.4 Å². The summed E-state index contributed by atoms with van der Waals surface area (Å²) in [7, 11) is 0. The Bertz CT molecular complexity index is 877. The Morgan fingerprint density at radius 1 is 1.04 bits per heavy atom. The summed E-state index contributed by atoms with van der Waals surface area (Å²) in [5.74, 6) is -0.0671. The molecule has 0 aromatic heterocycles. The lowest BCUT2D eigenvalue weighted by atomic mass is 10.1. The van der Waals surface area contributed by atoms with E-state index < -0.39 is 11.7 Å². The predicted molar refractivity (Wildman–Crippen MR) is 95.5 cm³/mol. The third-order valence-corrected chi connectivity index (χ3v) is 4.65. The number of carbonyl (C=O) groups is 1. The number of hydrogen-bond acceptors (Lipinski definition) is 3. The normalized spacial score (nSPS) is 14.8. The number of carbonyl (C=O) groups excluding carboxylic acids is 1. The van der Waals surface area contributed by atoms with Crippen molar-refractivity contribution in [3.63, 3.8) is 0 Å². The van der Waals surface area contributed by atoms with Gasteiger partial charge in [-0.15, -0.1) is 0 Å². The number of benzene rings is 2. The summed E-state index contributed by atoms with van der Waals surface area (Å²) in [6.45, 7) is 3.75. The van der Waals surface area contributed by atoms with E-state index >= 15 is 0 Å². The number of aryl methyl sites for hydroxylation is 1. The van der Waals surface area contributed by atoms with Crippen molar-refractivity contribution in [2.75, 3.05) is 31.1 Å². The quantitative estimate of drug-likeness (QED) is 0.803. The van der Waals surface area contributed by atoms with Crippen LogP contribution in [0.15, 0.2) is 42.5 Å². The number of alkyl halides is 3. The summed E-state index contributed by atoms with van der Waals surface area (Å²) in [6.07, 6.45) is -4.48. The molecule has 0 bridgehead atoms. The van der Waals surface area contributed by atoms with Crippen molar-refractivity contribution in [2.45, 2.75) is 13.1 Å². The number of rotatable bonds is 2. The van der Waals surface area contributed by atoms with Crippen LogP contribution in [0.4, 0.5) is 18.9 Å². The molecule has 1 aliphatic rings. The van der Waals surface area contributed by atoms with Crippen molar-refractivity contribution in [2.24, 2.45) is 0 Å². The highest BCUT2D eigenvalue weighted by Crippen LogP contribution is 2.33. The lowest BCUT2D eigenvalue weighted by Crippen LogP contribution is -2.49. The number of hydrogen-bond donors (Lipinski definition) is 0. The molecule has 3 rings (SSSR count). The van der Waals surface area contributed by atoms with Crippen LogP contribution in [-0.4, -0.2) is 37.0 Å². The average molecular weight is 373 g/mol. The van der Waals surface area contributed by atoms with Gasteiger partial charge in [0.15, 0.2) is 0 Å². The molecular formula is C20H18F3N3O. The third kappa shape index (κ3) is 4.05. The second-order valence-corrected chi connectivity index (χ2v) is 6.49. The van der Waals surface area contributed by atoms with Crippen LogP contribution in [0.25, 0.3) is 0 Å². The molecule has 0 unspecified atom stereocenters. The van der Waals surface area contributed by atoms with Crippen molar-refractivity contribution in [1.82, 2.24) is 4.90 Å². The van der Waals surface area contributed by atoms with E-state index in [1.165, 1.54) is 6.07 Å². The Hall–Kier alpha value is -3.01. The van der Waals surface area contributed by atoms with E-state index in [0.29, 0.717) is 37.4 Å². The number of halogens is 3. The van der Waals surface area contributed by atoms with Crippen molar-refractivity contribution in [3.8, 4) is 6.07 Å². The second kappa shape index (κ2) is 7.31. The molecule has 27 heavy (non-hydrogen) atoms. The zero-order chi connectivity index (χ0) is 19.6. The van der Waals surface area contributed by atoms with Gasteiger partial charge in [0.05, 0.1) is 16.8 Å². The number of piperazine rings is 1. The van der Waals surface area contributed by atoms with Gasteiger partial charge in [-0.05, 0) is 37.3 Å². The first-order chi connectivity index (χ1) is 12.8. The van der Waals surface area contributed by atoms with Crippen molar-refractivity contribution < 1.29 is 18.0 Å². The first-order valence-corrected chi connectivity index (χ1v) is 8.52. The smallest absolute Gasteiger partial charge is 0.367 e. The topological polar surface area (TPSA) is 47.3 Å². The van der Waals surface area contributed by atoms with E-state index in [1.54, 1.807) is 17.0 Å². The fourth-order valence-corrected chi connectivity index (χ4v) is 3.11. The van der Waals surface area contributed by atoms with E-state index in [9.17, 15) is 23.2 Å². The van der Waals surface area contributed by atoms with E-state index in [-0.39, 0.29) is 11.5 Å². The molecule has 140 valence electrons. The molecule has 0 N–H and O–H groups in total. The summed E-state index contributed by atoms with van der Waals surface area (Å²) in [6, 6.07) is 12.4. The van der Waals surface area contributed by atoms with Gasteiger partial charge in [0, 0.05) is 31.7 Å². The Kier molecular flexibility index (Phi) is 5.08. The molecule has 0 saturated carbocycles. The molecule has 2 aromatic rings. The average Bonchev–Trinajstić information content (AvgIpc) is 2.67. The lowest BCUT2D eigenvalue weighted by molar-refractivity contribution is -0.137. The lowest BCUT2D eigenvalue weighted by Gasteiger charge is -2.36. The van der Waals surface area contributed by atoms with Gasteiger partial charge in [0.1, 0.15) is 6.07 Å². The van der Waals surface area contributed by atoms with Crippen LogP contribution in [-0.2, 0) is 6.18 Å². The minimum Gasteiger partial charge on any atom is -0.367 e. The van der Waals surface area contributed by atoms with Gasteiger partial charge in [-0.25, -0.2) is 0 Å². The molecule has 2 aromatic carbocycles. The van der Waals surface area contributed by atoms with Gasteiger partial charge in [-0.1, -0.05) is 17.7 Å². The van der Waals surface area contributed by atoms with Gasteiger partial charge < -0.3 is 9.80 Å². The molecule has 1 heterocycles. The molecule has 1 aliphatic heterocycles. The minimum absolute atomic E-state index is 0.0110. The monoisotopic (exact) mass is 373 g/mol. The van der Waals surface area contributed by atoms with Gasteiger partial charge >= 0.3 is 6.18 Å². The fraction of sp³-hybridized carbons (Fsp3) is 0.300. The summed E-state index contributed by atoms with van der Waals surface area (Å²) >= 11 is 0. The SMILES string of the molecule is Cc1ccc(C(=O)N2CCN(c3ccc(C(F)(F)F)cc3C#N)CC2)cc1. The first kappa shape index (κ1) is 18.8. The van der Waals surface area contributed by atoms with E-state index in [2.05, 4.69) is 0 Å². The van der Waals surface area contributed by atoms with Gasteiger partial charge in [0.25, 0.3) is 5.91 Å². The highest BCUT2D eigenvalue weighted by molar-refractivity contribution is 5.94. The van der Waals surface area contributed by atoms with Crippen LogP contribution in [0.2, 0.25) is 0 Å². The number of nitrogens with zero attached hydrogens (tertiary/aromatic N) is 3. The number of anilines is 1. The van der Waals surface area contributed by atoms with Crippen LogP contribution in [0.3, 0.4) is 0 Å². The second-order valence-electron chi connectivity index (χ2n) is 6.49. The van der Waals surface area contributed by atoms with Crippen LogP contribution in [0, 0.1) is 18.3 Å². The maximum atomic E-state index is 12.8. The van der Waals surface area contributed by atoms with Gasteiger partial charge in [0.2, 0.25) is 0 Å². The van der Waals surface area contributed by atoms with E-state index in [1.807, 2.05) is 30.0 Å². The number of nitriles is 1. The fourth-order valence-electron chi connectivity index (χ4n) is 3.11. The highest BCUT2D eigenvalue weighted by atomic mass is 19.4. The standard InChI is InChI=1S/C20H18F3N3O/c1-14-2-4-15(5-3-14)19(27)26-10-8-25(9-11-26)18-7-6-17(20(21,22)23)12-16(18)13-24/h2-7,12H,8-11H2,1H3. The maximum Gasteiger partial charge on any atom is 0.416 e. The predicted octanol–water partition coefficient (Wildman–Crippen LogP) is 3.85. The summed E-state index contributed by atoms with van der Waals surface area (Å²) in [4.78, 5) is 16.1. The first-order valence-electron chi connectivity index (χ1n) is 8.52. The van der Waals surface area contributed by atoms with Crippen LogP contribution < -0.4 is 4.90 Å². The molecule has 0 aliphatic carbocycles. The Balaban J connectivity index is 1.71. The Morgan fingerprint density at radius 3 is 2.22 bits per heavy atom. The number of amides is 1. The van der Waals surface area contributed by atoms with Crippen molar-refractivity contribution in [1.29, 1.82) is 5.26 Å². The van der Waals surface area contributed by atoms with Crippen molar-refractivity contribution >= 4 is 11.6 Å². The van der Waals surface area contributed by atoms with Crippen molar-refractivity contribution in [3.05, 3.63) is 64.7 Å².